The normalized spacial score (nSPS) is 43.4. The summed E-state index contributed by atoms with van der Waals surface area (Å²) < 4.78 is 0. The molecule has 2 bridgehead atoms. The molecule has 0 aromatic heterocycles. The van der Waals surface area contributed by atoms with Crippen molar-refractivity contribution in [2.75, 3.05) is 0 Å². The van der Waals surface area contributed by atoms with Crippen LogP contribution in [0, 0.1) is 17.8 Å². The summed E-state index contributed by atoms with van der Waals surface area (Å²) in [5.41, 5.74) is 0. The Morgan fingerprint density at radius 2 is 1.91 bits per heavy atom. The molecule has 0 heterocycles. The zero-order valence-electron chi connectivity index (χ0n) is 6.95. The molecule has 0 aromatic carbocycles. The van der Waals surface area contributed by atoms with Gasteiger partial charge in [0.1, 0.15) is 0 Å². The Bertz CT molecular complexity index is 159. The lowest BCUT2D eigenvalue weighted by Gasteiger charge is -2.31. The van der Waals surface area contributed by atoms with E-state index in [4.69, 9.17) is 0 Å². The highest BCUT2D eigenvalue weighted by molar-refractivity contribution is 4.94. The van der Waals surface area contributed by atoms with E-state index < -0.39 is 5.79 Å². The maximum absolute atomic E-state index is 9.40. The Morgan fingerprint density at radius 1 is 1.18 bits per heavy atom. The van der Waals surface area contributed by atoms with Crippen molar-refractivity contribution in [2.24, 2.45) is 17.8 Å². The predicted molar refractivity (Wildman–Crippen MR) is 41.8 cm³/mol. The van der Waals surface area contributed by atoms with E-state index in [0.29, 0.717) is 5.92 Å². The molecule has 0 aliphatic heterocycles. The molecule has 2 nitrogen and oxygen atoms in total. The van der Waals surface area contributed by atoms with Crippen LogP contribution >= 0.6 is 0 Å². The fourth-order valence-electron chi connectivity index (χ4n) is 2.91. The van der Waals surface area contributed by atoms with Gasteiger partial charge >= 0.3 is 0 Å². The highest BCUT2D eigenvalue weighted by Gasteiger charge is 2.46. The Labute approximate surface area is 67.2 Å². The van der Waals surface area contributed by atoms with E-state index >= 15 is 0 Å². The van der Waals surface area contributed by atoms with Crippen LogP contribution in [-0.2, 0) is 0 Å². The molecule has 0 saturated heterocycles. The Kier molecular flexibility index (Phi) is 1.52. The third kappa shape index (κ3) is 1.18. The molecule has 2 N–H and O–H groups in total. The lowest BCUT2D eigenvalue weighted by atomic mass is 9.83. The maximum Gasteiger partial charge on any atom is 0.162 e. The smallest absolute Gasteiger partial charge is 0.162 e. The third-order valence-electron chi connectivity index (χ3n) is 3.44. The van der Waals surface area contributed by atoms with E-state index in [1.165, 1.54) is 26.2 Å². The summed E-state index contributed by atoms with van der Waals surface area (Å²) in [5.74, 6) is 0.129. The number of aliphatic hydroxyl groups is 2. The number of rotatable bonds is 1. The largest absolute Gasteiger partial charge is 0.366 e. The van der Waals surface area contributed by atoms with Gasteiger partial charge < -0.3 is 10.2 Å². The van der Waals surface area contributed by atoms with Gasteiger partial charge in [-0.1, -0.05) is 6.42 Å². The summed E-state index contributed by atoms with van der Waals surface area (Å²) in [6, 6.07) is 0. The Morgan fingerprint density at radius 3 is 2.18 bits per heavy atom. The molecule has 0 radical (unpaired) electrons. The van der Waals surface area contributed by atoms with Crippen LogP contribution in [0.1, 0.15) is 32.6 Å². The van der Waals surface area contributed by atoms with Gasteiger partial charge in [-0.15, -0.1) is 0 Å². The molecule has 0 amide bonds. The van der Waals surface area contributed by atoms with Crippen molar-refractivity contribution >= 4 is 0 Å². The van der Waals surface area contributed by atoms with Crippen LogP contribution < -0.4 is 0 Å². The molecule has 2 heteroatoms. The first kappa shape index (κ1) is 7.56. The van der Waals surface area contributed by atoms with Crippen molar-refractivity contribution in [3.05, 3.63) is 0 Å². The Balaban J connectivity index is 2.08. The molecule has 64 valence electrons. The van der Waals surface area contributed by atoms with Crippen LogP contribution in [0.15, 0.2) is 0 Å². The lowest BCUT2D eigenvalue weighted by Crippen LogP contribution is -2.37. The zero-order valence-corrected chi connectivity index (χ0v) is 6.95. The van der Waals surface area contributed by atoms with Crippen molar-refractivity contribution in [3.8, 4) is 0 Å². The predicted octanol–water partition coefficient (Wildman–Crippen LogP) is 1.12. The maximum atomic E-state index is 9.40. The van der Waals surface area contributed by atoms with Gasteiger partial charge in [0.25, 0.3) is 0 Å². The van der Waals surface area contributed by atoms with E-state index in [2.05, 4.69) is 0 Å². The molecule has 3 atom stereocenters. The summed E-state index contributed by atoms with van der Waals surface area (Å²) in [6.07, 6.45) is 4.80. The van der Waals surface area contributed by atoms with Gasteiger partial charge in [0.15, 0.2) is 5.79 Å². The minimum Gasteiger partial charge on any atom is -0.366 e. The van der Waals surface area contributed by atoms with Gasteiger partial charge in [-0.3, -0.25) is 0 Å². The van der Waals surface area contributed by atoms with Gasteiger partial charge in [-0.25, -0.2) is 0 Å². The molecule has 2 saturated carbocycles. The van der Waals surface area contributed by atoms with Gasteiger partial charge in [0, 0.05) is 5.92 Å². The second-order valence-corrected chi connectivity index (χ2v) is 4.38. The van der Waals surface area contributed by atoms with Gasteiger partial charge in [-0.2, -0.15) is 0 Å². The highest BCUT2D eigenvalue weighted by Crippen LogP contribution is 2.51. The monoisotopic (exact) mass is 156 g/mol. The summed E-state index contributed by atoms with van der Waals surface area (Å²) in [6.45, 7) is 1.53. The second kappa shape index (κ2) is 2.20. The molecular weight excluding hydrogens is 140 g/mol. The number of hydrogen-bond donors (Lipinski definition) is 2. The van der Waals surface area contributed by atoms with E-state index in [9.17, 15) is 10.2 Å². The first-order chi connectivity index (χ1) is 5.07. The minimum atomic E-state index is -1.42. The van der Waals surface area contributed by atoms with Crippen molar-refractivity contribution in [1.82, 2.24) is 0 Å². The number of hydrogen-bond acceptors (Lipinski definition) is 2. The first-order valence-electron chi connectivity index (χ1n) is 4.52. The SMILES string of the molecule is CC(O)(O)C1CC2CCC1C2. The molecule has 2 fully saturated rings. The van der Waals surface area contributed by atoms with Crippen molar-refractivity contribution < 1.29 is 10.2 Å². The molecule has 2 aliphatic carbocycles. The number of fused-ring (bicyclic) bond motifs is 2. The average molecular weight is 156 g/mol. The van der Waals surface area contributed by atoms with Crippen LogP contribution in [0.2, 0.25) is 0 Å². The quantitative estimate of drug-likeness (QED) is 0.558. The fourth-order valence-corrected chi connectivity index (χ4v) is 2.91. The summed E-state index contributed by atoms with van der Waals surface area (Å²) in [7, 11) is 0. The molecule has 0 spiro atoms. The van der Waals surface area contributed by atoms with Gasteiger partial charge in [-0.05, 0) is 38.0 Å². The molecular formula is C9H16O2. The summed E-state index contributed by atoms with van der Waals surface area (Å²) in [4.78, 5) is 0. The average Bonchev–Trinajstić information content (AvgIpc) is 2.42. The molecule has 2 rings (SSSR count). The van der Waals surface area contributed by atoms with Crippen LogP contribution in [0.4, 0.5) is 0 Å². The summed E-state index contributed by atoms with van der Waals surface area (Å²) >= 11 is 0. The van der Waals surface area contributed by atoms with Crippen LogP contribution in [-0.4, -0.2) is 16.0 Å². The minimum absolute atomic E-state index is 0.154. The molecule has 3 unspecified atom stereocenters. The van der Waals surface area contributed by atoms with Gasteiger partial charge in [0.05, 0.1) is 0 Å². The topological polar surface area (TPSA) is 40.5 Å². The Hall–Kier alpha value is -0.0800. The second-order valence-electron chi connectivity index (χ2n) is 4.38. The molecule has 2 aliphatic rings. The highest BCUT2D eigenvalue weighted by atomic mass is 16.5. The van der Waals surface area contributed by atoms with Crippen molar-refractivity contribution in [2.45, 2.75) is 38.4 Å². The van der Waals surface area contributed by atoms with Crippen molar-refractivity contribution in [3.63, 3.8) is 0 Å². The zero-order chi connectivity index (χ0) is 8.06. The van der Waals surface area contributed by atoms with Crippen LogP contribution in [0.3, 0.4) is 0 Å². The lowest BCUT2D eigenvalue weighted by molar-refractivity contribution is -0.196. The van der Waals surface area contributed by atoms with Gasteiger partial charge in [0.2, 0.25) is 0 Å². The fraction of sp³-hybridized carbons (Fsp3) is 1.00. The van der Waals surface area contributed by atoms with E-state index in [1.807, 2.05) is 0 Å². The van der Waals surface area contributed by atoms with Crippen molar-refractivity contribution in [1.29, 1.82) is 0 Å². The molecule has 0 aromatic rings. The van der Waals surface area contributed by atoms with E-state index in [0.717, 1.165) is 12.3 Å². The molecule has 11 heavy (non-hydrogen) atoms. The first-order valence-corrected chi connectivity index (χ1v) is 4.52. The van der Waals surface area contributed by atoms with Crippen LogP contribution in [0.5, 0.6) is 0 Å². The van der Waals surface area contributed by atoms with Crippen LogP contribution in [0.25, 0.3) is 0 Å². The standard InChI is InChI=1S/C9H16O2/c1-9(10,11)8-5-6-2-3-7(8)4-6/h6-8,10-11H,2-5H2,1H3. The summed E-state index contributed by atoms with van der Waals surface area (Å²) in [5, 5.41) is 18.8. The third-order valence-corrected chi connectivity index (χ3v) is 3.44. The van der Waals surface area contributed by atoms with E-state index in [-0.39, 0.29) is 5.92 Å². The van der Waals surface area contributed by atoms with E-state index in [1.54, 1.807) is 0 Å².